The minimum atomic E-state index is 0. The quantitative estimate of drug-likeness (QED) is 0.596. The first-order valence-corrected chi connectivity index (χ1v) is 8.75. The highest BCUT2D eigenvalue weighted by molar-refractivity contribution is 5.85. The number of halogens is 2. The third-order valence-corrected chi connectivity index (χ3v) is 5.17. The number of rotatable bonds is 3. The molecule has 28 heavy (non-hydrogen) atoms. The van der Waals surface area contributed by atoms with E-state index in [1.54, 1.807) is 24.7 Å². The van der Waals surface area contributed by atoms with Crippen molar-refractivity contribution in [2.75, 3.05) is 24.5 Å². The fraction of sp³-hybridized carbons (Fsp3) is 0.333. The van der Waals surface area contributed by atoms with Crippen LogP contribution in [0, 0.1) is 0 Å². The molecule has 2 aromatic heterocycles. The summed E-state index contributed by atoms with van der Waals surface area (Å²) in [5.41, 5.74) is 3.23. The number of benzene rings is 1. The summed E-state index contributed by atoms with van der Waals surface area (Å²) in [6, 6.07) is 5.44. The molecule has 0 unspecified atom stereocenters. The van der Waals surface area contributed by atoms with E-state index in [9.17, 15) is 5.11 Å². The number of phenols is 1. The summed E-state index contributed by atoms with van der Waals surface area (Å²) in [6.45, 7) is 2.76. The lowest BCUT2D eigenvalue weighted by Gasteiger charge is -2.33. The van der Waals surface area contributed by atoms with Crippen LogP contribution in [-0.4, -0.2) is 55.7 Å². The van der Waals surface area contributed by atoms with Crippen LogP contribution in [0.2, 0.25) is 0 Å². The fourth-order valence-electron chi connectivity index (χ4n) is 3.49. The number of H-pyrrole nitrogens is 1. The van der Waals surface area contributed by atoms with Crippen molar-refractivity contribution in [3.8, 4) is 28.1 Å². The van der Waals surface area contributed by atoms with E-state index in [-0.39, 0.29) is 36.1 Å². The van der Waals surface area contributed by atoms with E-state index in [1.165, 1.54) is 12.8 Å². The molecule has 1 aromatic carbocycles. The van der Waals surface area contributed by atoms with Crippen molar-refractivity contribution in [1.29, 1.82) is 0 Å². The van der Waals surface area contributed by atoms with Gasteiger partial charge in [-0.2, -0.15) is 5.10 Å². The van der Waals surface area contributed by atoms with Crippen LogP contribution in [0.3, 0.4) is 0 Å². The molecule has 2 aliphatic rings. The van der Waals surface area contributed by atoms with E-state index in [4.69, 9.17) is 0 Å². The number of anilines is 1. The van der Waals surface area contributed by atoms with Crippen molar-refractivity contribution < 1.29 is 5.11 Å². The molecule has 0 atom stereocenters. The maximum Gasteiger partial charge on any atom is 0.245 e. The number of hydrogen-bond donors (Lipinski definition) is 3. The number of aromatic amines is 1. The zero-order valence-corrected chi connectivity index (χ0v) is 16.6. The van der Waals surface area contributed by atoms with Gasteiger partial charge < -0.3 is 15.3 Å². The molecule has 0 amide bonds. The number of piperazine rings is 1. The average Bonchev–Trinajstić information content (AvgIpc) is 3.19. The predicted molar refractivity (Wildman–Crippen MR) is 111 cm³/mol. The molecule has 1 spiro atoms. The summed E-state index contributed by atoms with van der Waals surface area (Å²) < 4.78 is 0. The topological polar surface area (TPSA) is 103 Å². The monoisotopic (exact) mass is 421 g/mol. The Morgan fingerprint density at radius 3 is 2.57 bits per heavy atom. The molecule has 5 rings (SSSR count). The van der Waals surface area contributed by atoms with Gasteiger partial charge in [-0.25, -0.2) is 4.98 Å². The second kappa shape index (κ2) is 7.90. The third kappa shape index (κ3) is 3.76. The Morgan fingerprint density at radius 1 is 1.07 bits per heavy atom. The van der Waals surface area contributed by atoms with E-state index >= 15 is 0 Å². The molecule has 3 aromatic rings. The van der Waals surface area contributed by atoms with E-state index in [1.807, 2.05) is 12.1 Å². The molecule has 0 bridgehead atoms. The van der Waals surface area contributed by atoms with Crippen LogP contribution in [0.5, 0.6) is 5.75 Å². The molecule has 1 saturated heterocycles. The summed E-state index contributed by atoms with van der Waals surface area (Å²) >= 11 is 0. The first kappa shape index (κ1) is 20.3. The molecule has 8 nitrogen and oxygen atoms in total. The van der Waals surface area contributed by atoms with Gasteiger partial charge in [0.1, 0.15) is 11.4 Å². The highest BCUT2D eigenvalue weighted by Crippen LogP contribution is 2.38. The SMILES string of the molecule is Cl.Cl.Oc1cc(-c2cn[nH]c2)ccc1-c1cnc(N2CCNC3(CC3)C2)nn1. The molecule has 3 heterocycles. The second-order valence-corrected chi connectivity index (χ2v) is 6.99. The van der Waals surface area contributed by atoms with Crippen LogP contribution in [0.1, 0.15) is 12.8 Å². The number of nitrogens with one attached hydrogen (secondary N) is 2. The molecule has 1 aliphatic heterocycles. The molecule has 148 valence electrons. The first-order chi connectivity index (χ1) is 12.7. The summed E-state index contributed by atoms with van der Waals surface area (Å²) in [4.78, 5) is 6.67. The Morgan fingerprint density at radius 2 is 1.93 bits per heavy atom. The van der Waals surface area contributed by atoms with Gasteiger partial charge in [0.15, 0.2) is 0 Å². The van der Waals surface area contributed by atoms with Gasteiger partial charge in [0.2, 0.25) is 5.95 Å². The normalized spacial score (nSPS) is 16.9. The van der Waals surface area contributed by atoms with Crippen LogP contribution in [0.15, 0.2) is 36.8 Å². The molecular weight excluding hydrogens is 401 g/mol. The van der Waals surface area contributed by atoms with Crippen molar-refractivity contribution in [2.24, 2.45) is 0 Å². The number of aromatic hydroxyl groups is 1. The summed E-state index contributed by atoms with van der Waals surface area (Å²) in [6.07, 6.45) is 7.60. The molecule has 1 saturated carbocycles. The summed E-state index contributed by atoms with van der Waals surface area (Å²) in [5, 5.41) is 29.3. The Balaban J connectivity index is 0.00000112. The highest BCUT2D eigenvalue weighted by Gasteiger charge is 2.46. The lowest BCUT2D eigenvalue weighted by atomic mass is 10.0. The zero-order chi connectivity index (χ0) is 17.6. The van der Waals surface area contributed by atoms with Gasteiger partial charge in [-0.3, -0.25) is 5.10 Å². The lowest BCUT2D eigenvalue weighted by molar-refractivity contribution is 0.437. The van der Waals surface area contributed by atoms with Gasteiger partial charge in [-0.1, -0.05) is 6.07 Å². The lowest BCUT2D eigenvalue weighted by Crippen LogP contribution is -2.53. The van der Waals surface area contributed by atoms with Crippen LogP contribution < -0.4 is 10.2 Å². The Hall–Kier alpha value is -2.42. The second-order valence-electron chi connectivity index (χ2n) is 6.99. The Bertz CT molecular complexity index is 930. The average molecular weight is 422 g/mol. The fourth-order valence-corrected chi connectivity index (χ4v) is 3.49. The van der Waals surface area contributed by atoms with Crippen LogP contribution >= 0.6 is 24.8 Å². The number of phenolic OH excluding ortho intramolecular Hbond substituents is 1. The van der Waals surface area contributed by atoms with Crippen molar-refractivity contribution >= 4 is 30.8 Å². The van der Waals surface area contributed by atoms with Gasteiger partial charge in [-0.15, -0.1) is 35.0 Å². The van der Waals surface area contributed by atoms with Crippen LogP contribution in [0.4, 0.5) is 5.95 Å². The molecular formula is C18H21Cl2N7O. The minimum Gasteiger partial charge on any atom is -0.507 e. The smallest absolute Gasteiger partial charge is 0.245 e. The van der Waals surface area contributed by atoms with E-state index in [2.05, 4.69) is 35.6 Å². The number of aromatic nitrogens is 5. The highest BCUT2D eigenvalue weighted by atomic mass is 35.5. The molecule has 10 heteroatoms. The summed E-state index contributed by atoms with van der Waals surface area (Å²) in [5.74, 6) is 0.794. The molecule has 1 aliphatic carbocycles. The van der Waals surface area contributed by atoms with Gasteiger partial charge in [0.05, 0.1) is 12.4 Å². The zero-order valence-electron chi connectivity index (χ0n) is 15.0. The molecule has 0 radical (unpaired) electrons. The van der Waals surface area contributed by atoms with E-state index in [0.29, 0.717) is 17.2 Å². The van der Waals surface area contributed by atoms with Crippen molar-refractivity contribution in [3.63, 3.8) is 0 Å². The van der Waals surface area contributed by atoms with Crippen molar-refractivity contribution in [3.05, 3.63) is 36.8 Å². The standard InChI is InChI=1S/C18H19N7O.2ClH/c26-16-7-12(13-8-21-22-9-13)1-2-14(16)15-10-19-17(24-23-15)25-6-5-20-18(11-25)3-4-18;;/h1-2,7-10,20,26H,3-6,11H2,(H,21,22);2*1H. The van der Waals surface area contributed by atoms with Crippen LogP contribution in [0.25, 0.3) is 22.4 Å². The van der Waals surface area contributed by atoms with E-state index in [0.717, 1.165) is 30.8 Å². The van der Waals surface area contributed by atoms with Gasteiger partial charge >= 0.3 is 0 Å². The van der Waals surface area contributed by atoms with Gasteiger partial charge in [0.25, 0.3) is 0 Å². The summed E-state index contributed by atoms with van der Waals surface area (Å²) in [7, 11) is 0. The maximum atomic E-state index is 10.4. The van der Waals surface area contributed by atoms with Crippen LogP contribution in [-0.2, 0) is 0 Å². The minimum absolute atomic E-state index is 0. The number of hydrogen-bond acceptors (Lipinski definition) is 7. The molecule has 3 N–H and O–H groups in total. The largest absolute Gasteiger partial charge is 0.507 e. The van der Waals surface area contributed by atoms with Gasteiger partial charge in [-0.05, 0) is 30.5 Å². The Kier molecular flexibility index (Phi) is 5.74. The van der Waals surface area contributed by atoms with Crippen molar-refractivity contribution in [2.45, 2.75) is 18.4 Å². The predicted octanol–water partition coefficient (Wildman–Crippen LogP) is 2.42. The Labute approximate surface area is 174 Å². The van der Waals surface area contributed by atoms with Crippen molar-refractivity contribution in [1.82, 2.24) is 30.7 Å². The van der Waals surface area contributed by atoms with E-state index < -0.39 is 0 Å². The number of nitrogens with zero attached hydrogens (tertiary/aromatic N) is 5. The molecule has 2 fully saturated rings. The van der Waals surface area contributed by atoms with Gasteiger partial charge in [0, 0.05) is 42.5 Å². The first-order valence-electron chi connectivity index (χ1n) is 8.75. The third-order valence-electron chi connectivity index (χ3n) is 5.17. The maximum absolute atomic E-state index is 10.4.